The smallest absolute Gasteiger partial charge is 0.119 e. The lowest BCUT2D eigenvalue weighted by Crippen LogP contribution is -2.33. The molecule has 3 saturated carbocycles. The van der Waals surface area contributed by atoms with Crippen LogP contribution in [0.15, 0.2) is 42.5 Å². The topological polar surface area (TPSA) is 9.23 Å². The van der Waals surface area contributed by atoms with Crippen LogP contribution >= 0.6 is 0 Å². The van der Waals surface area contributed by atoms with Crippen molar-refractivity contribution in [3.63, 3.8) is 0 Å². The van der Waals surface area contributed by atoms with E-state index in [0.29, 0.717) is 0 Å². The Morgan fingerprint density at radius 2 is 1.70 bits per heavy atom. The monoisotopic (exact) mass is 266 g/mol. The normalized spacial score (nSPS) is 46.9. The van der Waals surface area contributed by atoms with E-state index in [9.17, 15) is 0 Å². The van der Waals surface area contributed by atoms with Crippen molar-refractivity contribution in [2.45, 2.75) is 19.3 Å². The maximum Gasteiger partial charge on any atom is 0.119 e. The molecule has 0 spiro atoms. The molecule has 5 rings (SSSR count). The van der Waals surface area contributed by atoms with Crippen molar-refractivity contribution in [2.75, 3.05) is 6.61 Å². The molecule has 4 aliphatic carbocycles. The van der Waals surface area contributed by atoms with E-state index in [0.717, 1.165) is 53.8 Å². The second-order valence-electron chi connectivity index (χ2n) is 7.38. The first kappa shape index (κ1) is 11.4. The number of para-hydroxylation sites is 1. The van der Waals surface area contributed by atoms with Gasteiger partial charge < -0.3 is 4.74 Å². The standard InChI is InChI=1S/C19H22O/c1-2-4-16(5-3-1)20-11-15-9-14-10-17(15)19-13-7-6-12(8-13)18(14)19/h1-7,12-15,17-19H,8-11H2. The Morgan fingerprint density at radius 1 is 0.900 bits per heavy atom. The van der Waals surface area contributed by atoms with Crippen LogP contribution in [0.3, 0.4) is 0 Å². The van der Waals surface area contributed by atoms with Crippen molar-refractivity contribution in [2.24, 2.45) is 41.4 Å². The van der Waals surface area contributed by atoms with E-state index in [1.807, 2.05) is 0 Å². The zero-order valence-electron chi connectivity index (χ0n) is 11.8. The Hall–Kier alpha value is -1.24. The summed E-state index contributed by atoms with van der Waals surface area (Å²) in [5.74, 6) is 7.73. The largest absolute Gasteiger partial charge is 0.493 e. The van der Waals surface area contributed by atoms with E-state index in [-0.39, 0.29) is 0 Å². The highest BCUT2D eigenvalue weighted by Gasteiger charge is 2.60. The first-order chi connectivity index (χ1) is 9.90. The summed E-state index contributed by atoms with van der Waals surface area (Å²) in [5, 5.41) is 0. The molecule has 0 N–H and O–H groups in total. The molecule has 1 nitrogen and oxygen atoms in total. The van der Waals surface area contributed by atoms with Gasteiger partial charge in [-0.2, -0.15) is 0 Å². The predicted octanol–water partition coefficient (Wildman–Crippen LogP) is 4.16. The van der Waals surface area contributed by atoms with Gasteiger partial charge in [-0.25, -0.2) is 0 Å². The third-order valence-corrected chi connectivity index (χ3v) is 6.61. The molecule has 0 aromatic heterocycles. The van der Waals surface area contributed by atoms with E-state index in [1.54, 1.807) is 0 Å². The van der Waals surface area contributed by atoms with Crippen LogP contribution in [-0.2, 0) is 0 Å². The molecule has 7 atom stereocenters. The van der Waals surface area contributed by atoms with Crippen LogP contribution in [0.4, 0.5) is 0 Å². The molecule has 1 aromatic carbocycles. The number of rotatable bonds is 3. The minimum absolute atomic E-state index is 0.814. The molecule has 104 valence electrons. The lowest BCUT2D eigenvalue weighted by molar-refractivity contribution is 0.109. The van der Waals surface area contributed by atoms with Crippen LogP contribution in [0.25, 0.3) is 0 Å². The van der Waals surface area contributed by atoms with E-state index in [2.05, 4.69) is 42.5 Å². The van der Waals surface area contributed by atoms with Crippen molar-refractivity contribution < 1.29 is 4.74 Å². The van der Waals surface area contributed by atoms with Crippen molar-refractivity contribution in [3.8, 4) is 5.75 Å². The summed E-state index contributed by atoms with van der Waals surface area (Å²) in [6, 6.07) is 10.3. The van der Waals surface area contributed by atoms with Gasteiger partial charge in [-0.05, 0) is 72.8 Å². The highest BCUT2D eigenvalue weighted by molar-refractivity contribution is 5.22. The average molecular weight is 266 g/mol. The third kappa shape index (κ3) is 1.50. The van der Waals surface area contributed by atoms with Crippen LogP contribution in [0.1, 0.15) is 19.3 Å². The predicted molar refractivity (Wildman–Crippen MR) is 79.4 cm³/mol. The maximum atomic E-state index is 6.05. The summed E-state index contributed by atoms with van der Waals surface area (Å²) in [6.45, 7) is 0.940. The summed E-state index contributed by atoms with van der Waals surface area (Å²) >= 11 is 0. The number of allylic oxidation sites excluding steroid dienone is 2. The van der Waals surface area contributed by atoms with Crippen molar-refractivity contribution >= 4 is 0 Å². The SMILES string of the molecule is C1=CC2CC1C1C3CC(COc4ccccc4)C(C3)C21. The molecule has 0 heterocycles. The molecule has 20 heavy (non-hydrogen) atoms. The molecular weight excluding hydrogens is 244 g/mol. The molecule has 4 aliphatic rings. The summed E-state index contributed by atoms with van der Waals surface area (Å²) < 4.78 is 6.05. The van der Waals surface area contributed by atoms with Crippen LogP contribution in [0.2, 0.25) is 0 Å². The van der Waals surface area contributed by atoms with Gasteiger partial charge >= 0.3 is 0 Å². The van der Waals surface area contributed by atoms with Gasteiger partial charge in [0.05, 0.1) is 6.61 Å². The van der Waals surface area contributed by atoms with E-state index >= 15 is 0 Å². The lowest BCUT2D eigenvalue weighted by Gasteiger charge is -2.36. The molecule has 0 saturated heterocycles. The fraction of sp³-hybridized carbons (Fsp3) is 0.579. The van der Waals surface area contributed by atoms with Gasteiger partial charge in [-0.3, -0.25) is 0 Å². The molecule has 1 aromatic rings. The first-order valence-corrected chi connectivity index (χ1v) is 8.26. The Bertz CT molecular complexity index is 534. The number of hydrogen-bond donors (Lipinski definition) is 0. The lowest BCUT2D eigenvalue weighted by atomic mass is 9.69. The van der Waals surface area contributed by atoms with Crippen LogP contribution in [-0.4, -0.2) is 6.61 Å². The second-order valence-corrected chi connectivity index (χ2v) is 7.38. The minimum atomic E-state index is 0.814. The quantitative estimate of drug-likeness (QED) is 0.589. The third-order valence-electron chi connectivity index (χ3n) is 6.61. The second kappa shape index (κ2) is 4.13. The Balaban J connectivity index is 1.30. The van der Waals surface area contributed by atoms with Crippen molar-refractivity contribution in [1.29, 1.82) is 0 Å². The molecule has 0 amide bonds. The van der Waals surface area contributed by atoms with Crippen molar-refractivity contribution in [3.05, 3.63) is 42.5 Å². The number of ether oxygens (including phenoxy) is 1. The Labute approximate surface area is 121 Å². The molecule has 1 heteroatoms. The van der Waals surface area contributed by atoms with Gasteiger partial charge in [0.2, 0.25) is 0 Å². The van der Waals surface area contributed by atoms with E-state index < -0.39 is 0 Å². The number of hydrogen-bond acceptors (Lipinski definition) is 1. The highest BCUT2D eigenvalue weighted by atomic mass is 16.5. The maximum absolute atomic E-state index is 6.05. The molecular formula is C19H22O. The number of benzene rings is 1. The minimum Gasteiger partial charge on any atom is -0.493 e. The van der Waals surface area contributed by atoms with Gasteiger partial charge in [0, 0.05) is 0 Å². The fourth-order valence-corrected chi connectivity index (χ4v) is 6.06. The van der Waals surface area contributed by atoms with Gasteiger partial charge in [0.15, 0.2) is 0 Å². The summed E-state index contributed by atoms with van der Waals surface area (Å²) in [5.41, 5.74) is 0. The van der Waals surface area contributed by atoms with Crippen molar-refractivity contribution in [1.82, 2.24) is 0 Å². The molecule has 0 aliphatic heterocycles. The molecule has 4 bridgehead atoms. The molecule has 0 radical (unpaired) electrons. The van der Waals surface area contributed by atoms with E-state index in [4.69, 9.17) is 4.74 Å². The molecule has 3 fully saturated rings. The van der Waals surface area contributed by atoms with Gasteiger partial charge in [-0.15, -0.1) is 0 Å². The van der Waals surface area contributed by atoms with Gasteiger partial charge in [0.25, 0.3) is 0 Å². The average Bonchev–Trinajstić information content (AvgIpc) is 3.24. The number of fused-ring (bicyclic) bond motifs is 9. The van der Waals surface area contributed by atoms with Gasteiger partial charge in [-0.1, -0.05) is 30.4 Å². The summed E-state index contributed by atoms with van der Waals surface area (Å²) in [6.07, 6.45) is 9.45. The van der Waals surface area contributed by atoms with Crippen LogP contribution in [0.5, 0.6) is 5.75 Å². The van der Waals surface area contributed by atoms with Crippen LogP contribution in [0, 0.1) is 41.4 Å². The summed E-state index contributed by atoms with van der Waals surface area (Å²) in [7, 11) is 0. The van der Waals surface area contributed by atoms with E-state index in [1.165, 1.54) is 19.3 Å². The highest BCUT2D eigenvalue weighted by Crippen LogP contribution is 2.66. The molecule has 7 unspecified atom stereocenters. The zero-order chi connectivity index (χ0) is 13.1. The summed E-state index contributed by atoms with van der Waals surface area (Å²) in [4.78, 5) is 0. The zero-order valence-corrected chi connectivity index (χ0v) is 11.8. The Morgan fingerprint density at radius 3 is 2.55 bits per heavy atom. The first-order valence-electron chi connectivity index (χ1n) is 8.26. The fourth-order valence-electron chi connectivity index (χ4n) is 6.06. The Kier molecular flexibility index (Phi) is 2.36. The van der Waals surface area contributed by atoms with Crippen LogP contribution < -0.4 is 4.74 Å². The van der Waals surface area contributed by atoms with Gasteiger partial charge in [0.1, 0.15) is 5.75 Å².